The van der Waals surface area contributed by atoms with E-state index in [2.05, 4.69) is 0 Å². The summed E-state index contributed by atoms with van der Waals surface area (Å²) in [4.78, 5) is 1.10. The van der Waals surface area contributed by atoms with E-state index >= 15 is 0 Å². The number of halogens is 1. The Bertz CT molecular complexity index is 473. The van der Waals surface area contributed by atoms with Crippen molar-refractivity contribution in [2.75, 3.05) is 5.75 Å². The number of aliphatic hydroxyl groups excluding tert-OH is 1. The van der Waals surface area contributed by atoms with Crippen LogP contribution < -0.4 is 0 Å². The van der Waals surface area contributed by atoms with Crippen LogP contribution in [0.3, 0.4) is 0 Å². The lowest BCUT2D eigenvalue weighted by molar-refractivity contribution is 0.203. The van der Waals surface area contributed by atoms with Crippen LogP contribution in [0.15, 0.2) is 59.5 Å². The number of aliphatic hydroxyl groups is 1. The second-order valence-corrected chi connectivity index (χ2v) is 4.79. The van der Waals surface area contributed by atoms with Crippen LogP contribution in [-0.2, 0) is 0 Å². The Morgan fingerprint density at radius 1 is 1.06 bits per heavy atom. The van der Waals surface area contributed by atoms with Crippen LogP contribution in [0.25, 0.3) is 0 Å². The van der Waals surface area contributed by atoms with E-state index in [0.29, 0.717) is 11.3 Å². The number of thioether (sulfide) groups is 1. The van der Waals surface area contributed by atoms with Gasteiger partial charge in [-0.25, -0.2) is 4.39 Å². The molecule has 0 aliphatic carbocycles. The van der Waals surface area contributed by atoms with Gasteiger partial charge in [-0.1, -0.05) is 30.3 Å². The molecule has 1 nitrogen and oxygen atoms in total. The minimum atomic E-state index is -0.643. The van der Waals surface area contributed by atoms with E-state index < -0.39 is 6.10 Å². The molecular formula is C14H13FOS. The molecule has 0 radical (unpaired) electrons. The molecule has 0 aliphatic heterocycles. The average molecular weight is 248 g/mol. The number of benzene rings is 2. The highest BCUT2D eigenvalue weighted by Gasteiger charge is 2.08. The van der Waals surface area contributed by atoms with E-state index in [0.717, 1.165) is 4.90 Å². The molecule has 0 amide bonds. The molecular weight excluding hydrogens is 235 g/mol. The van der Waals surface area contributed by atoms with E-state index in [1.165, 1.54) is 12.1 Å². The van der Waals surface area contributed by atoms with Gasteiger partial charge in [0.25, 0.3) is 0 Å². The molecule has 0 saturated carbocycles. The lowest BCUT2D eigenvalue weighted by Gasteiger charge is -2.10. The zero-order valence-electron chi connectivity index (χ0n) is 9.21. The highest BCUT2D eigenvalue weighted by Crippen LogP contribution is 2.24. The molecule has 0 bridgehead atoms. The Labute approximate surface area is 104 Å². The SMILES string of the molecule is OC(CSc1ccccc1)c1cccc(F)c1. The number of hydrogen-bond donors (Lipinski definition) is 1. The van der Waals surface area contributed by atoms with Crippen LogP contribution >= 0.6 is 11.8 Å². The van der Waals surface area contributed by atoms with E-state index in [-0.39, 0.29) is 5.82 Å². The van der Waals surface area contributed by atoms with Gasteiger partial charge < -0.3 is 5.11 Å². The maximum absolute atomic E-state index is 13.0. The monoisotopic (exact) mass is 248 g/mol. The largest absolute Gasteiger partial charge is 0.388 e. The van der Waals surface area contributed by atoms with Gasteiger partial charge in [-0.05, 0) is 29.8 Å². The van der Waals surface area contributed by atoms with Gasteiger partial charge >= 0.3 is 0 Å². The molecule has 0 saturated heterocycles. The molecule has 0 spiro atoms. The summed E-state index contributed by atoms with van der Waals surface area (Å²) in [5.41, 5.74) is 0.619. The summed E-state index contributed by atoms with van der Waals surface area (Å²) < 4.78 is 13.0. The number of hydrogen-bond acceptors (Lipinski definition) is 2. The second kappa shape index (κ2) is 5.84. The highest BCUT2D eigenvalue weighted by atomic mass is 32.2. The van der Waals surface area contributed by atoms with Gasteiger partial charge in [0.1, 0.15) is 5.82 Å². The van der Waals surface area contributed by atoms with Crippen molar-refractivity contribution in [1.29, 1.82) is 0 Å². The lowest BCUT2D eigenvalue weighted by Crippen LogP contribution is -2.00. The molecule has 17 heavy (non-hydrogen) atoms. The van der Waals surface area contributed by atoms with Crippen LogP contribution in [0.4, 0.5) is 4.39 Å². The minimum absolute atomic E-state index is 0.314. The maximum Gasteiger partial charge on any atom is 0.123 e. The molecule has 0 fully saturated rings. The summed E-state index contributed by atoms with van der Waals surface area (Å²) in [5.74, 6) is 0.208. The standard InChI is InChI=1S/C14H13FOS/c15-12-6-4-5-11(9-12)14(16)10-17-13-7-2-1-3-8-13/h1-9,14,16H,10H2. The zero-order valence-corrected chi connectivity index (χ0v) is 10.0. The van der Waals surface area contributed by atoms with Gasteiger partial charge in [-0.15, -0.1) is 11.8 Å². The van der Waals surface area contributed by atoms with E-state index in [1.807, 2.05) is 30.3 Å². The molecule has 2 rings (SSSR count). The summed E-state index contributed by atoms with van der Waals surface area (Å²) in [6, 6.07) is 15.9. The Morgan fingerprint density at radius 3 is 2.53 bits per heavy atom. The fraction of sp³-hybridized carbons (Fsp3) is 0.143. The van der Waals surface area contributed by atoms with Crippen molar-refractivity contribution < 1.29 is 9.50 Å². The van der Waals surface area contributed by atoms with Crippen LogP contribution in [0, 0.1) is 5.82 Å². The van der Waals surface area contributed by atoms with E-state index in [1.54, 1.807) is 23.9 Å². The van der Waals surface area contributed by atoms with Crippen molar-refractivity contribution in [3.05, 3.63) is 66.0 Å². The molecule has 1 N–H and O–H groups in total. The Kier molecular flexibility index (Phi) is 4.18. The van der Waals surface area contributed by atoms with E-state index in [9.17, 15) is 9.50 Å². The summed E-state index contributed by atoms with van der Waals surface area (Å²) >= 11 is 1.56. The van der Waals surface area contributed by atoms with Gasteiger partial charge in [0.15, 0.2) is 0 Å². The lowest BCUT2D eigenvalue weighted by atomic mass is 10.1. The smallest absolute Gasteiger partial charge is 0.123 e. The van der Waals surface area contributed by atoms with Crippen molar-refractivity contribution in [2.45, 2.75) is 11.0 Å². The predicted molar refractivity (Wildman–Crippen MR) is 68.5 cm³/mol. The van der Waals surface area contributed by atoms with Crippen molar-refractivity contribution in [1.82, 2.24) is 0 Å². The average Bonchev–Trinajstić information content (AvgIpc) is 2.37. The quantitative estimate of drug-likeness (QED) is 0.833. The van der Waals surface area contributed by atoms with Gasteiger partial charge in [0.2, 0.25) is 0 Å². The molecule has 2 aromatic rings. The Morgan fingerprint density at radius 2 is 1.82 bits per heavy atom. The van der Waals surface area contributed by atoms with Gasteiger partial charge in [-0.3, -0.25) is 0 Å². The third-order valence-electron chi connectivity index (χ3n) is 2.38. The second-order valence-electron chi connectivity index (χ2n) is 3.69. The highest BCUT2D eigenvalue weighted by molar-refractivity contribution is 7.99. The van der Waals surface area contributed by atoms with Gasteiger partial charge in [0.05, 0.1) is 6.10 Å². The fourth-order valence-corrected chi connectivity index (χ4v) is 2.39. The minimum Gasteiger partial charge on any atom is -0.388 e. The summed E-state index contributed by atoms with van der Waals surface area (Å²) in [5, 5.41) is 9.92. The van der Waals surface area contributed by atoms with Gasteiger partial charge in [-0.2, -0.15) is 0 Å². The molecule has 0 heterocycles. The Hall–Kier alpha value is -1.32. The molecule has 2 aromatic carbocycles. The molecule has 1 unspecified atom stereocenters. The first-order chi connectivity index (χ1) is 8.25. The van der Waals surface area contributed by atoms with Gasteiger partial charge in [0, 0.05) is 10.6 Å². The van der Waals surface area contributed by atoms with Crippen molar-refractivity contribution in [2.24, 2.45) is 0 Å². The van der Waals surface area contributed by atoms with E-state index in [4.69, 9.17) is 0 Å². The van der Waals surface area contributed by atoms with Crippen molar-refractivity contribution in [3.63, 3.8) is 0 Å². The zero-order chi connectivity index (χ0) is 12.1. The van der Waals surface area contributed by atoms with Crippen molar-refractivity contribution >= 4 is 11.8 Å². The molecule has 0 aromatic heterocycles. The third kappa shape index (κ3) is 3.58. The van der Waals surface area contributed by atoms with Crippen LogP contribution in [-0.4, -0.2) is 10.9 Å². The summed E-state index contributed by atoms with van der Waals surface area (Å²) in [6.45, 7) is 0. The normalized spacial score (nSPS) is 12.4. The van der Waals surface area contributed by atoms with Crippen LogP contribution in [0.5, 0.6) is 0 Å². The third-order valence-corrected chi connectivity index (χ3v) is 3.47. The summed E-state index contributed by atoms with van der Waals surface area (Å²) in [6.07, 6.45) is -0.643. The molecule has 1 atom stereocenters. The topological polar surface area (TPSA) is 20.2 Å². The fourth-order valence-electron chi connectivity index (χ4n) is 1.50. The Balaban J connectivity index is 1.96. The van der Waals surface area contributed by atoms with Crippen LogP contribution in [0.2, 0.25) is 0 Å². The van der Waals surface area contributed by atoms with Crippen LogP contribution in [0.1, 0.15) is 11.7 Å². The molecule has 88 valence electrons. The first-order valence-electron chi connectivity index (χ1n) is 5.37. The summed E-state index contributed by atoms with van der Waals surface area (Å²) in [7, 11) is 0. The maximum atomic E-state index is 13.0. The first-order valence-corrected chi connectivity index (χ1v) is 6.35. The molecule has 0 aliphatic rings. The number of rotatable bonds is 4. The van der Waals surface area contributed by atoms with Crippen molar-refractivity contribution in [3.8, 4) is 0 Å². The molecule has 3 heteroatoms. The first kappa shape index (κ1) is 12.1. The predicted octanol–water partition coefficient (Wildman–Crippen LogP) is 3.65.